The van der Waals surface area contributed by atoms with Crippen molar-refractivity contribution >= 4 is 23.4 Å². The maximum absolute atomic E-state index is 12.7. The monoisotopic (exact) mass is 481 g/mol. The molecule has 0 saturated heterocycles. The Kier molecular flexibility index (Phi) is 7.15. The molecule has 35 heavy (non-hydrogen) atoms. The molecular formula is C28H27N5OS. The van der Waals surface area contributed by atoms with Gasteiger partial charge in [0.05, 0.1) is 40.6 Å². The first-order chi connectivity index (χ1) is 17.0. The summed E-state index contributed by atoms with van der Waals surface area (Å²) in [6.45, 7) is 1.98. The number of hydrogen-bond acceptors (Lipinski definition) is 6. The van der Waals surface area contributed by atoms with Gasteiger partial charge < -0.3 is 10.6 Å². The number of allylic oxidation sites excluding steroid dienone is 1. The minimum Gasteiger partial charge on any atom is -0.369 e. The van der Waals surface area contributed by atoms with E-state index < -0.39 is 16.9 Å². The summed E-state index contributed by atoms with van der Waals surface area (Å²) in [6, 6.07) is 23.5. The molecule has 6 nitrogen and oxygen atoms in total. The van der Waals surface area contributed by atoms with Crippen LogP contribution in [-0.4, -0.2) is 11.7 Å². The lowest BCUT2D eigenvalue weighted by atomic mass is 9.50. The summed E-state index contributed by atoms with van der Waals surface area (Å²) < 4.78 is 0. The van der Waals surface area contributed by atoms with Crippen LogP contribution in [0.1, 0.15) is 49.3 Å². The summed E-state index contributed by atoms with van der Waals surface area (Å²) in [6.07, 6.45) is 3.91. The Morgan fingerprint density at radius 2 is 1.69 bits per heavy atom. The van der Waals surface area contributed by atoms with Crippen molar-refractivity contribution in [2.75, 3.05) is 11.1 Å². The van der Waals surface area contributed by atoms with Crippen molar-refractivity contribution in [2.24, 2.45) is 10.8 Å². The molecule has 2 N–H and O–H groups in total. The minimum absolute atomic E-state index is 0.102. The van der Waals surface area contributed by atoms with Crippen molar-refractivity contribution < 1.29 is 4.79 Å². The molecule has 1 saturated carbocycles. The summed E-state index contributed by atoms with van der Waals surface area (Å²) in [5, 5.41) is 38.1. The largest absolute Gasteiger partial charge is 0.369 e. The molecule has 1 atom stereocenters. The zero-order valence-electron chi connectivity index (χ0n) is 19.7. The lowest BCUT2D eigenvalue weighted by molar-refractivity contribution is -0.113. The van der Waals surface area contributed by atoms with Crippen LogP contribution in [0.5, 0.6) is 0 Å². The van der Waals surface area contributed by atoms with Crippen molar-refractivity contribution in [1.29, 1.82) is 15.8 Å². The summed E-state index contributed by atoms with van der Waals surface area (Å²) in [4.78, 5) is 12.7. The second kappa shape index (κ2) is 10.3. The average molecular weight is 482 g/mol. The van der Waals surface area contributed by atoms with Gasteiger partial charge in [-0.25, -0.2) is 0 Å². The summed E-state index contributed by atoms with van der Waals surface area (Å²) in [5.74, 6) is -0.0812. The second-order valence-electron chi connectivity index (χ2n) is 9.18. The highest BCUT2D eigenvalue weighted by atomic mass is 32.2. The maximum Gasteiger partial charge on any atom is 0.234 e. The molecule has 1 heterocycles. The molecule has 7 heteroatoms. The number of carbonyl (C=O) groups is 1. The molecule has 2 aromatic carbocycles. The normalized spacial score (nSPS) is 20.1. The van der Waals surface area contributed by atoms with E-state index in [-0.39, 0.29) is 11.7 Å². The average Bonchev–Trinajstić information content (AvgIpc) is 2.89. The van der Waals surface area contributed by atoms with Crippen LogP contribution in [0, 0.1) is 51.7 Å². The third-order valence-corrected chi connectivity index (χ3v) is 8.17. The molecule has 0 aromatic heterocycles. The van der Waals surface area contributed by atoms with Crippen LogP contribution in [0.15, 0.2) is 65.2 Å². The fraction of sp³-hybridized carbons (Fsp3) is 0.357. The van der Waals surface area contributed by atoms with E-state index in [0.717, 1.165) is 30.4 Å². The number of thioether (sulfide) groups is 1. The molecule has 1 fully saturated rings. The van der Waals surface area contributed by atoms with Crippen LogP contribution in [0.2, 0.25) is 0 Å². The van der Waals surface area contributed by atoms with Gasteiger partial charge in [0.2, 0.25) is 5.91 Å². The fourth-order valence-electron chi connectivity index (χ4n) is 5.39. The highest BCUT2D eigenvalue weighted by molar-refractivity contribution is 8.03. The molecule has 1 aliphatic carbocycles. The number of hydrogen-bond donors (Lipinski definition) is 2. The number of benzene rings is 2. The molecule has 1 aliphatic heterocycles. The number of anilines is 1. The molecule has 1 unspecified atom stereocenters. The van der Waals surface area contributed by atoms with E-state index in [4.69, 9.17) is 0 Å². The Hall–Kier alpha value is -3.73. The van der Waals surface area contributed by atoms with Gasteiger partial charge in [-0.2, -0.15) is 15.8 Å². The Bertz CT molecular complexity index is 1230. The first-order valence-electron chi connectivity index (χ1n) is 11.8. The highest BCUT2D eigenvalue weighted by Gasteiger charge is 2.63. The van der Waals surface area contributed by atoms with Gasteiger partial charge in [0.15, 0.2) is 5.41 Å². The SMILES string of the molecule is Cc1ccc(NC(=O)CSC2=C(C#N)C3(CCCCC3)C(C#N)(C#N)C(c3ccccc3)N2)cc1. The quantitative estimate of drug-likeness (QED) is 0.564. The summed E-state index contributed by atoms with van der Waals surface area (Å²) >= 11 is 1.26. The minimum atomic E-state index is -1.44. The van der Waals surface area contributed by atoms with Gasteiger partial charge in [-0.3, -0.25) is 4.79 Å². The number of carbonyl (C=O) groups excluding carboxylic acids is 1. The zero-order valence-corrected chi connectivity index (χ0v) is 20.5. The van der Waals surface area contributed by atoms with E-state index in [0.29, 0.717) is 29.1 Å². The fourth-order valence-corrected chi connectivity index (χ4v) is 6.33. The van der Waals surface area contributed by atoms with Crippen LogP contribution in [0.3, 0.4) is 0 Å². The van der Waals surface area contributed by atoms with Crippen LogP contribution in [0.25, 0.3) is 0 Å². The lowest BCUT2D eigenvalue weighted by Gasteiger charge is -2.52. The molecule has 0 radical (unpaired) electrons. The lowest BCUT2D eigenvalue weighted by Crippen LogP contribution is -2.54. The van der Waals surface area contributed by atoms with E-state index in [9.17, 15) is 20.6 Å². The van der Waals surface area contributed by atoms with E-state index in [1.807, 2.05) is 61.5 Å². The van der Waals surface area contributed by atoms with Gasteiger partial charge in [-0.15, -0.1) is 0 Å². The summed E-state index contributed by atoms with van der Waals surface area (Å²) in [7, 11) is 0. The van der Waals surface area contributed by atoms with Crippen LogP contribution < -0.4 is 10.6 Å². The Balaban J connectivity index is 1.71. The van der Waals surface area contributed by atoms with Gasteiger partial charge in [0.1, 0.15) is 0 Å². The van der Waals surface area contributed by atoms with Crippen molar-refractivity contribution in [3.8, 4) is 18.2 Å². The standard InChI is InChI=1S/C28H27N5OS/c1-20-10-12-22(13-11-20)32-24(34)17-35-26-23(16-29)27(14-6-3-7-15-27)28(18-30,19-31)25(33-26)21-8-4-2-5-9-21/h2,4-5,8-13,25,33H,3,6-7,14-15,17H2,1H3,(H,32,34). The molecule has 1 spiro atoms. The van der Waals surface area contributed by atoms with Crippen LogP contribution >= 0.6 is 11.8 Å². The topological polar surface area (TPSA) is 112 Å². The van der Waals surface area contributed by atoms with Crippen molar-refractivity contribution in [3.05, 3.63) is 76.3 Å². The van der Waals surface area contributed by atoms with Gasteiger partial charge >= 0.3 is 0 Å². The second-order valence-corrected chi connectivity index (χ2v) is 10.2. The smallest absolute Gasteiger partial charge is 0.234 e. The number of nitrogens with one attached hydrogen (secondary N) is 2. The van der Waals surface area contributed by atoms with Gasteiger partial charge in [0.25, 0.3) is 0 Å². The first kappa shape index (κ1) is 24.4. The highest BCUT2D eigenvalue weighted by Crippen LogP contribution is 2.62. The summed E-state index contributed by atoms with van der Waals surface area (Å²) in [5.41, 5.74) is 0.751. The van der Waals surface area contributed by atoms with E-state index >= 15 is 0 Å². The first-order valence-corrected chi connectivity index (χ1v) is 12.8. The van der Waals surface area contributed by atoms with Gasteiger partial charge in [-0.1, -0.05) is 79.1 Å². The van der Waals surface area contributed by atoms with Crippen molar-refractivity contribution in [1.82, 2.24) is 5.32 Å². The molecule has 0 bridgehead atoms. The van der Waals surface area contributed by atoms with E-state index in [1.54, 1.807) is 0 Å². The third-order valence-electron chi connectivity index (χ3n) is 7.16. The van der Waals surface area contributed by atoms with Crippen LogP contribution in [-0.2, 0) is 4.79 Å². The molecular weight excluding hydrogens is 454 g/mol. The molecule has 2 aliphatic rings. The number of rotatable bonds is 5. The number of nitriles is 3. The Labute approximate surface area is 210 Å². The molecule has 4 rings (SSSR count). The Morgan fingerprint density at radius 1 is 1.03 bits per heavy atom. The molecule has 176 valence electrons. The van der Waals surface area contributed by atoms with Gasteiger partial charge in [0, 0.05) is 11.1 Å². The predicted molar refractivity (Wildman–Crippen MR) is 136 cm³/mol. The van der Waals surface area contributed by atoms with E-state index in [1.165, 1.54) is 11.8 Å². The third kappa shape index (κ3) is 4.39. The van der Waals surface area contributed by atoms with Gasteiger partial charge in [-0.05, 0) is 37.5 Å². The van der Waals surface area contributed by atoms with Crippen LogP contribution in [0.4, 0.5) is 5.69 Å². The van der Waals surface area contributed by atoms with Crippen molar-refractivity contribution in [3.63, 3.8) is 0 Å². The Morgan fingerprint density at radius 3 is 2.29 bits per heavy atom. The molecule has 1 amide bonds. The van der Waals surface area contributed by atoms with Crippen molar-refractivity contribution in [2.45, 2.75) is 45.1 Å². The number of aryl methyl sites for hydroxylation is 1. The maximum atomic E-state index is 12.7. The zero-order chi connectivity index (χ0) is 24.9. The predicted octanol–water partition coefficient (Wildman–Crippen LogP) is 5.73. The number of amides is 1. The molecule has 2 aromatic rings. The number of nitrogens with zero attached hydrogens (tertiary/aromatic N) is 3. The van der Waals surface area contributed by atoms with E-state index in [2.05, 4.69) is 28.8 Å².